The van der Waals surface area contributed by atoms with Crippen molar-refractivity contribution in [2.45, 2.75) is 31.8 Å². The Bertz CT molecular complexity index is 789. The van der Waals surface area contributed by atoms with Crippen molar-refractivity contribution in [1.82, 2.24) is 8.61 Å². The van der Waals surface area contributed by atoms with Gasteiger partial charge in [-0.1, -0.05) is 0 Å². The second-order valence-corrected chi connectivity index (χ2v) is 8.43. The van der Waals surface area contributed by atoms with Gasteiger partial charge in [0.25, 0.3) is 10.2 Å². The Morgan fingerprint density at radius 3 is 2.65 bits per heavy atom. The zero-order valence-corrected chi connectivity index (χ0v) is 13.2. The highest BCUT2D eigenvalue weighted by Crippen LogP contribution is 2.43. The summed E-state index contributed by atoms with van der Waals surface area (Å²) < 4.78 is 42.1. The Morgan fingerprint density at radius 2 is 2.04 bits per heavy atom. The maximum absolute atomic E-state index is 13.7. The quantitative estimate of drug-likeness (QED) is 0.897. The summed E-state index contributed by atoms with van der Waals surface area (Å²) in [5.41, 5.74) is 0.917. The highest BCUT2D eigenvalue weighted by Gasteiger charge is 2.50. The second-order valence-electron chi connectivity index (χ2n) is 6.55. The minimum atomic E-state index is -3.56. The van der Waals surface area contributed by atoms with Gasteiger partial charge in [0.2, 0.25) is 0 Å². The van der Waals surface area contributed by atoms with E-state index in [9.17, 15) is 22.7 Å². The van der Waals surface area contributed by atoms with Crippen LogP contribution >= 0.6 is 0 Å². The fourth-order valence-electron chi connectivity index (χ4n) is 3.94. The Hall–Kier alpha value is -1.51. The number of halogens is 1. The number of benzene rings is 1. The van der Waals surface area contributed by atoms with E-state index in [0.717, 1.165) is 18.9 Å². The summed E-state index contributed by atoms with van der Waals surface area (Å²) >= 11 is 0. The molecule has 8 heteroatoms. The van der Waals surface area contributed by atoms with Crippen LogP contribution in [0.25, 0.3) is 0 Å². The van der Waals surface area contributed by atoms with Gasteiger partial charge in [-0.15, -0.1) is 0 Å². The summed E-state index contributed by atoms with van der Waals surface area (Å²) in [5.74, 6) is -1.36. The molecule has 124 valence electrons. The molecule has 1 aliphatic carbocycles. The smallest absolute Gasteiger partial charge is 0.336 e. The number of hydrogen-bond acceptors (Lipinski definition) is 3. The van der Waals surface area contributed by atoms with Crippen molar-refractivity contribution in [3.63, 3.8) is 0 Å². The highest BCUT2D eigenvalue weighted by molar-refractivity contribution is 7.86. The summed E-state index contributed by atoms with van der Waals surface area (Å²) in [6, 6.07) is 2.35. The van der Waals surface area contributed by atoms with Crippen LogP contribution < -0.4 is 0 Å². The molecule has 3 aliphatic heterocycles. The van der Waals surface area contributed by atoms with Crippen molar-refractivity contribution in [2.24, 2.45) is 5.92 Å². The van der Waals surface area contributed by atoms with Crippen LogP contribution in [-0.4, -0.2) is 47.2 Å². The largest absolute Gasteiger partial charge is 0.478 e. The average molecular weight is 340 g/mol. The molecular weight excluding hydrogens is 323 g/mol. The minimum Gasteiger partial charge on any atom is -0.478 e. The monoisotopic (exact) mass is 340 g/mol. The molecule has 0 atom stereocenters. The van der Waals surface area contributed by atoms with E-state index in [2.05, 4.69) is 0 Å². The standard InChI is InChI=1S/C15H17FN2O4S/c16-11-5-10-8-17(2-1-13(10)14(6-11)15(19)20)23(21,22)18-7-9-3-12(18)4-9/h5-6,9,12H,1-4,7-8H2,(H,19,20). The lowest BCUT2D eigenvalue weighted by atomic mass is 9.87. The molecule has 0 unspecified atom stereocenters. The van der Waals surface area contributed by atoms with Gasteiger partial charge in [0.05, 0.1) is 5.56 Å². The molecule has 1 saturated carbocycles. The maximum Gasteiger partial charge on any atom is 0.336 e. The molecule has 23 heavy (non-hydrogen) atoms. The van der Waals surface area contributed by atoms with Crippen molar-refractivity contribution in [3.8, 4) is 0 Å². The van der Waals surface area contributed by atoms with Crippen molar-refractivity contribution >= 4 is 16.2 Å². The maximum atomic E-state index is 13.7. The summed E-state index contributed by atoms with van der Waals surface area (Å²) in [5, 5.41) is 9.20. The van der Waals surface area contributed by atoms with E-state index in [4.69, 9.17) is 0 Å². The van der Waals surface area contributed by atoms with Crippen LogP contribution in [0, 0.1) is 11.7 Å². The first-order valence-electron chi connectivity index (χ1n) is 7.68. The normalized spacial score (nSPS) is 27.5. The Labute approximate surface area is 133 Å². The average Bonchev–Trinajstić information content (AvgIpc) is 3.06. The lowest BCUT2D eigenvalue weighted by Crippen LogP contribution is -2.46. The molecule has 4 aliphatic rings. The van der Waals surface area contributed by atoms with Gasteiger partial charge in [-0.25, -0.2) is 9.18 Å². The molecule has 5 rings (SSSR count). The SMILES string of the molecule is O=C(O)c1cc(F)cc2c1CCN(S(=O)(=O)N1CC3CC1C3)C2. The first kappa shape index (κ1) is 15.0. The molecular formula is C15H17FN2O4S. The van der Waals surface area contributed by atoms with Gasteiger partial charge in [-0.05, 0) is 48.4 Å². The van der Waals surface area contributed by atoms with Gasteiger partial charge in [0.1, 0.15) is 5.82 Å². The molecule has 1 aromatic rings. The lowest BCUT2D eigenvalue weighted by molar-refractivity contribution is 0.0694. The van der Waals surface area contributed by atoms with E-state index in [0.29, 0.717) is 30.0 Å². The van der Waals surface area contributed by atoms with Crippen molar-refractivity contribution in [1.29, 1.82) is 0 Å². The summed E-state index contributed by atoms with van der Waals surface area (Å²) in [6.45, 7) is 0.832. The third-order valence-corrected chi connectivity index (χ3v) is 7.18. The number of carboxylic acids is 1. The fraction of sp³-hybridized carbons (Fsp3) is 0.533. The van der Waals surface area contributed by atoms with Gasteiger partial charge in [-0.3, -0.25) is 0 Å². The van der Waals surface area contributed by atoms with E-state index in [-0.39, 0.29) is 24.7 Å². The number of rotatable bonds is 3. The molecule has 0 spiro atoms. The molecule has 1 N–H and O–H groups in total. The minimum absolute atomic E-state index is 0.0313. The van der Waals surface area contributed by atoms with Crippen molar-refractivity contribution in [2.75, 3.05) is 13.1 Å². The number of nitrogens with zero attached hydrogens (tertiary/aromatic N) is 2. The molecule has 2 saturated heterocycles. The van der Waals surface area contributed by atoms with Crippen LogP contribution in [0.2, 0.25) is 0 Å². The van der Waals surface area contributed by atoms with E-state index in [1.54, 1.807) is 4.31 Å². The van der Waals surface area contributed by atoms with Gasteiger partial charge < -0.3 is 5.11 Å². The van der Waals surface area contributed by atoms with E-state index < -0.39 is 22.0 Å². The Balaban J connectivity index is 1.65. The fourth-order valence-corrected chi connectivity index (χ4v) is 5.81. The Morgan fingerprint density at radius 1 is 1.30 bits per heavy atom. The Kier molecular flexibility index (Phi) is 3.26. The molecule has 0 aromatic heterocycles. The van der Waals surface area contributed by atoms with E-state index in [1.807, 2.05) is 0 Å². The van der Waals surface area contributed by atoms with Gasteiger partial charge in [0.15, 0.2) is 0 Å². The molecule has 0 amide bonds. The summed E-state index contributed by atoms with van der Waals surface area (Å²) in [6.07, 6.45) is 2.15. The molecule has 1 aromatic carbocycles. The van der Waals surface area contributed by atoms with Crippen LogP contribution in [0.1, 0.15) is 34.3 Å². The van der Waals surface area contributed by atoms with Crippen molar-refractivity contribution in [3.05, 3.63) is 34.6 Å². The number of aromatic carboxylic acids is 1. The van der Waals surface area contributed by atoms with Gasteiger partial charge in [-0.2, -0.15) is 17.0 Å². The summed E-state index contributed by atoms with van der Waals surface area (Å²) in [4.78, 5) is 11.3. The van der Waals surface area contributed by atoms with Gasteiger partial charge in [0, 0.05) is 25.7 Å². The second kappa shape index (κ2) is 4.99. The molecule has 6 nitrogen and oxygen atoms in total. The number of hydrogen-bond donors (Lipinski definition) is 1. The van der Waals surface area contributed by atoms with E-state index >= 15 is 0 Å². The number of fused-ring (bicyclic) bond motifs is 2. The third-order valence-electron chi connectivity index (χ3n) is 5.17. The predicted molar refractivity (Wildman–Crippen MR) is 79.6 cm³/mol. The van der Waals surface area contributed by atoms with Gasteiger partial charge >= 0.3 is 5.97 Å². The first-order valence-corrected chi connectivity index (χ1v) is 9.07. The van der Waals surface area contributed by atoms with Crippen LogP contribution in [0.4, 0.5) is 4.39 Å². The van der Waals surface area contributed by atoms with Crippen LogP contribution in [-0.2, 0) is 23.2 Å². The molecule has 0 radical (unpaired) electrons. The molecule has 3 heterocycles. The zero-order valence-electron chi connectivity index (χ0n) is 12.4. The summed E-state index contributed by atoms with van der Waals surface area (Å²) in [7, 11) is -3.56. The highest BCUT2D eigenvalue weighted by atomic mass is 32.2. The third kappa shape index (κ3) is 2.28. The zero-order chi connectivity index (χ0) is 16.4. The van der Waals surface area contributed by atoms with Crippen LogP contribution in [0.15, 0.2) is 12.1 Å². The van der Waals surface area contributed by atoms with Crippen LogP contribution in [0.5, 0.6) is 0 Å². The molecule has 2 bridgehead atoms. The van der Waals surface area contributed by atoms with Crippen LogP contribution in [0.3, 0.4) is 0 Å². The topological polar surface area (TPSA) is 77.9 Å². The predicted octanol–water partition coefficient (Wildman–Crippen LogP) is 1.22. The first-order chi connectivity index (χ1) is 10.9. The van der Waals surface area contributed by atoms with E-state index in [1.165, 1.54) is 10.4 Å². The number of carbonyl (C=O) groups is 1. The lowest BCUT2D eigenvalue weighted by Gasteiger charge is -2.33. The van der Waals surface area contributed by atoms with Crippen molar-refractivity contribution < 1.29 is 22.7 Å². The number of carboxylic acid groups (broad SMARTS) is 1. The molecule has 3 fully saturated rings.